The fourth-order valence-corrected chi connectivity index (χ4v) is 2.01. The first kappa shape index (κ1) is 12.5. The minimum atomic E-state index is 0.101. The summed E-state index contributed by atoms with van der Waals surface area (Å²) in [6, 6.07) is 12.0. The summed E-state index contributed by atoms with van der Waals surface area (Å²) in [5.41, 5.74) is 7.84. The van der Waals surface area contributed by atoms with Gasteiger partial charge in [0.05, 0.1) is 21.7 Å². The lowest BCUT2D eigenvalue weighted by molar-refractivity contribution is 0.475. The largest absolute Gasteiger partial charge is 0.508 e. The van der Waals surface area contributed by atoms with Crippen LogP contribution in [0.5, 0.6) is 5.75 Å². The van der Waals surface area contributed by atoms with E-state index in [0.717, 1.165) is 11.0 Å². The average Bonchev–Trinajstić information content (AvgIpc) is 2.43. The van der Waals surface area contributed by atoms with Gasteiger partial charge in [0.25, 0.3) is 0 Å². The maximum Gasteiger partial charge on any atom is 0.174 e. The molecule has 0 aliphatic carbocycles. The molecular weight excluding hydrogens is 276 g/mol. The topological polar surface area (TPSA) is 84.1 Å². The summed E-state index contributed by atoms with van der Waals surface area (Å²) < 4.78 is 0. The third kappa shape index (κ3) is 2.31. The SMILES string of the molecule is Nc1nc2ccccc2nc1Nc1cc(O)ccc1Cl. The highest BCUT2D eigenvalue weighted by Gasteiger charge is 2.08. The highest BCUT2D eigenvalue weighted by Crippen LogP contribution is 2.30. The van der Waals surface area contributed by atoms with Crippen molar-refractivity contribution in [1.82, 2.24) is 9.97 Å². The Balaban J connectivity index is 2.06. The first-order valence-corrected chi connectivity index (χ1v) is 6.29. The van der Waals surface area contributed by atoms with Gasteiger partial charge in [-0.15, -0.1) is 0 Å². The van der Waals surface area contributed by atoms with Gasteiger partial charge in [0.2, 0.25) is 0 Å². The minimum Gasteiger partial charge on any atom is -0.508 e. The van der Waals surface area contributed by atoms with Gasteiger partial charge in [-0.05, 0) is 24.3 Å². The number of hydrogen-bond donors (Lipinski definition) is 3. The summed E-state index contributed by atoms with van der Waals surface area (Å²) in [5.74, 6) is 0.767. The van der Waals surface area contributed by atoms with Gasteiger partial charge in [0.1, 0.15) is 5.75 Å². The second kappa shape index (κ2) is 4.86. The van der Waals surface area contributed by atoms with Crippen LogP contribution in [0.3, 0.4) is 0 Å². The molecule has 0 aliphatic heterocycles. The Kier molecular flexibility index (Phi) is 3.04. The molecule has 0 aliphatic rings. The van der Waals surface area contributed by atoms with Gasteiger partial charge < -0.3 is 16.2 Å². The smallest absolute Gasteiger partial charge is 0.174 e. The van der Waals surface area contributed by atoms with Gasteiger partial charge in [0.15, 0.2) is 11.6 Å². The quantitative estimate of drug-likeness (QED) is 0.673. The third-order valence-corrected chi connectivity index (χ3v) is 3.13. The molecule has 0 saturated heterocycles. The lowest BCUT2D eigenvalue weighted by Gasteiger charge is -2.10. The Hall–Kier alpha value is -2.53. The van der Waals surface area contributed by atoms with Crippen molar-refractivity contribution in [2.45, 2.75) is 0 Å². The number of aromatic hydroxyl groups is 1. The van der Waals surface area contributed by atoms with Crippen molar-refractivity contribution in [2.75, 3.05) is 11.1 Å². The molecule has 2 aromatic carbocycles. The summed E-state index contributed by atoms with van der Waals surface area (Å²) in [6.07, 6.45) is 0. The normalized spacial score (nSPS) is 10.7. The molecule has 5 nitrogen and oxygen atoms in total. The van der Waals surface area contributed by atoms with Crippen LogP contribution in [0.1, 0.15) is 0 Å². The number of nitrogens with one attached hydrogen (secondary N) is 1. The van der Waals surface area contributed by atoms with E-state index in [1.54, 1.807) is 6.07 Å². The number of halogens is 1. The lowest BCUT2D eigenvalue weighted by Crippen LogP contribution is -2.02. The Morgan fingerprint density at radius 2 is 1.75 bits per heavy atom. The van der Waals surface area contributed by atoms with E-state index in [9.17, 15) is 5.11 Å². The van der Waals surface area contributed by atoms with E-state index in [2.05, 4.69) is 15.3 Å². The zero-order chi connectivity index (χ0) is 14.1. The number of hydrogen-bond acceptors (Lipinski definition) is 5. The summed E-state index contributed by atoms with van der Waals surface area (Å²) in [4.78, 5) is 8.67. The van der Waals surface area contributed by atoms with Crippen molar-refractivity contribution in [1.29, 1.82) is 0 Å². The van der Waals surface area contributed by atoms with E-state index in [-0.39, 0.29) is 11.6 Å². The van der Waals surface area contributed by atoms with E-state index in [1.165, 1.54) is 12.1 Å². The maximum atomic E-state index is 9.49. The van der Waals surface area contributed by atoms with Crippen LogP contribution in [-0.2, 0) is 0 Å². The third-order valence-electron chi connectivity index (χ3n) is 2.80. The number of fused-ring (bicyclic) bond motifs is 1. The molecule has 20 heavy (non-hydrogen) atoms. The molecule has 3 aromatic rings. The number of anilines is 3. The molecule has 0 atom stereocenters. The fraction of sp³-hybridized carbons (Fsp3) is 0. The van der Waals surface area contributed by atoms with Gasteiger partial charge >= 0.3 is 0 Å². The van der Waals surface area contributed by atoms with Crippen molar-refractivity contribution in [3.05, 3.63) is 47.5 Å². The minimum absolute atomic E-state index is 0.101. The van der Waals surface area contributed by atoms with Crippen molar-refractivity contribution in [2.24, 2.45) is 0 Å². The fourth-order valence-electron chi connectivity index (χ4n) is 1.84. The molecule has 0 fully saturated rings. The molecule has 6 heteroatoms. The molecule has 100 valence electrons. The maximum absolute atomic E-state index is 9.49. The molecule has 3 rings (SSSR count). The predicted molar refractivity (Wildman–Crippen MR) is 80.3 cm³/mol. The van der Waals surface area contributed by atoms with Crippen LogP contribution in [0.25, 0.3) is 11.0 Å². The van der Waals surface area contributed by atoms with E-state index in [0.29, 0.717) is 16.5 Å². The number of nitrogens with two attached hydrogens (primary N) is 1. The molecule has 0 unspecified atom stereocenters. The average molecular weight is 287 g/mol. The standard InChI is InChI=1S/C14H11ClN4O/c15-9-6-5-8(20)7-12(9)19-14-13(16)17-10-3-1-2-4-11(10)18-14/h1-7,20H,(H2,16,17)(H,18,19). The first-order valence-electron chi connectivity index (χ1n) is 5.91. The van der Waals surface area contributed by atoms with E-state index >= 15 is 0 Å². The van der Waals surface area contributed by atoms with Crippen LogP contribution in [-0.4, -0.2) is 15.1 Å². The Morgan fingerprint density at radius 1 is 1.05 bits per heavy atom. The molecule has 1 aromatic heterocycles. The Labute approximate surface area is 120 Å². The van der Waals surface area contributed by atoms with Gasteiger partial charge in [-0.1, -0.05) is 23.7 Å². The molecule has 0 bridgehead atoms. The van der Waals surface area contributed by atoms with Gasteiger partial charge in [0, 0.05) is 6.07 Å². The van der Waals surface area contributed by atoms with Crippen molar-refractivity contribution in [3.8, 4) is 5.75 Å². The van der Waals surface area contributed by atoms with E-state index < -0.39 is 0 Å². The Morgan fingerprint density at radius 3 is 2.50 bits per heavy atom. The van der Waals surface area contributed by atoms with Crippen molar-refractivity contribution >= 4 is 40.0 Å². The number of rotatable bonds is 2. The summed E-state index contributed by atoms with van der Waals surface area (Å²) in [7, 11) is 0. The number of nitrogen functional groups attached to an aromatic ring is 1. The number of phenols is 1. The number of nitrogens with zero attached hydrogens (tertiary/aromatic N) is 2. The predicted octanol–water partition coefficient (Wildman–Crippen LogP) is 3.31. The zero-order valence-corrected chi connectivity index (χ0v) is 11.1. The number of phenolic OH excluding ortho intramolecular Hbond substituents is 1. The number of aromatic nitrogens is 2. The summed E-state index contributed by atoms with van der Waals surface area (Å²) in [5, 5.41) is 12.9. The van der Waals surface area contributed by atoms with Crippen molar-refractivity contribution < 1.29 is 5.11 Å². The van der Waals surface area contributed by atoms with Crippen LogP contribution in [0.4, 0.5) is 17.3 Å². The van der Waals surface area contributed by atoms with Crippen molar-refractivity contribution in [3.63, 3.8) is 0 Å². The zero-order valence-electron chi connectivity index (χ0n) is 10.3. The van der Waals surface area contributed by atoms with Gasteiger partial charge in [-0.3, -0.25) is 0 Å². The number of benzene rings is 2. The second-order valence-electron chi connectivity index (χ2n) is 4.24. The molecule has 0 amide bonds. The molecule has 4 N–H and O–H groups in total. The highest BCUT2D eigenvalue weighted by molar-refractivity contribution is 6.33. The molecule has 0 radical (unpaired) electrons. The van der Waals surface area contributed by atoms with Crippen LogP contribution >= 0.6 is 11.6 Å². The Bertz CT molecular complexity index is 791. The first-order chi connectivity index (χ1) is 9.63. The van der Waals surface area contributed by atoms with E-state index in [1.807, 2.05) is 24.3 Å². The summed E-state index contributed by atoms with van der Waals surface area (Å²) >= 11 is 6.05. The molecule has 0 spiro atoms. The molecule has 1 heterocycles. The summed E-state index contributed by atoms with van der Waals surface area (Å²) in [6.45, 7) is 0. The number of para-hydroxylation sites is 2. The highest BCUT2D eigenvalue weighted by atomic mass is 35.5. The van der Waals surface area contributed by atoms with Crippen LogP contribution in [0.15, 0.2) is 42.5 Å². The molecular formula is C14H11ClN4O. The van der Waals surface area contributed by atoms with Crippen LogP contribution < -0.4 is 11.1 Å². The lowest BCUT2D eigenvalue weighted by atomic mass is 10.3. The van der Waals surface area contributed by atoms with Crippen LogP contribution in [0.2, 0.25) is 5.02 Å². The van der Waals surface area contributed by atoms with E-state index in [4.69, 9.17) is 17.3 Å². The monoisotopic (exact) mass is 286 g/mol. The second-order valence-corrected chi connectivity index (χ2v) is 4.64. The molecule has 0 saturated carbocycles. The van der Waals surface area contributed by atoms with Crippen LogP contribution in [0, 0.1) is 0 Å². The van der Waals surface area contributed by atoms with Gasteiger partial charge in [-0.25, -0.2) is 9.97 Å². The van der Waals surface area contributed by atoms with Gasteiger partial charge in [-0.2, -0.15) is 0 Å².